The van der Waals surface area contributed by atoms with Gasteiger partial charge in [-0.25, -0.2) is 0 Å². The zero-order chi connectivity index (χ0) is 17.6. The molecule has 0 radical (unpaired) electrons. The lowest BCUT2D eigenvalue weighted by Crippen LogP contribution is -2.12. The molecule has 0 unspecified atom stereocenters. The molecule has 0 atom stereocenters. The molecule has 0 saturated heterocycles. The first-order valence-corrected chi connectivity index (χ1v) is 7.96. The van der Waals surface area contributed by atoms with Gasteiger partial charge in [0.05, 0.1) is 13.7 Å². The molecular formula is C21H19NO3. The van der Waals surface area contributed by atoms with E-state index in [9.17, 15) is 9.90 Å². The molecule has 0 saturated carbocycles. The van der Waals surface area contributed by atoms with Crippen LogP contribution < -0.4 is 10.1 Å². The standard InChI is InChI=1S/C21H19NO3/c1-25-20-11-10-17(13-19(20)16-7-3-2-4-8-16)21(24)22-18-9-5-6-15(12-18)14-23/h2-13,23H,14H2,1H3,(H,22,24). The number of anilines is 1. The van der Waals surface area contributed by atoms with Crippen LogP contribution in [0.25, 0.3) is 11.1 Å². The van der Waals surface area contributed by atoms with E-state index < -0.39 is 0 Å². The lowest BCUT2D eigenvalue weighted by atomic mass is 10.0. The van der Waals surface area contributed by atoms with Gasteiger partial charge in [-0.3, -0.25) is 4.79 Å². The van der Waals surface area contributed by atoms with E-state index in [-0.39, 0.29) is 12.5 Å². The number of aliphatic hydroxyl groups is 1. The van der Waals surface area contributed by atoms with E-state index in [1.807, 2.05) is 36.4 Å². The molecule has 0 aliphatic heterocycles. The Hall–Kier alpha value is -3.11. The number of aliphatic hydroxyl groups excluding tert-OH is 1. The molecule has 2 N–H and O–H groups in total. The summed E-state index contributed by atoms with van der Waals surface area (Å²) >= 11 is 0. The highest BCUT2D eigenvalue weighted by atomic mass is 16.5. The molecule has 1 amide bonds. The van der Waals surface area contributed by atoms with Crippen molar-refractivity contribution in [1.29, 1.82) is 0 Å². The van der Waals surface area contributed by atoms with Crippen LogP contribution in [0.15, 0.2) is 72.8 Å². The predicted molar refractivity (Wildman–Crippen MR) is 98.7 cm³/mol. The first kappa shape index (κ1) is 16.7. The Bertz CT molecular complexity index is 875. The smallest absolute Gasteiger partial charge is 0.255 e. The molecule has 0 heterocycles. The summed E-state index contributed by atoms with van der Waals surface area (Å²) in [6.45, 7) is -0.0651. The molecule has 25 heavy (non-hydrogen) atoms. The molecule has 4 nitrogen and oxygen atoms in total. The number of carbonyl (C=O) groups excluding carboxylic acids is 1. The number of hydrogen-bond donors (Lipinski definition) is 2. The molecule has 0 aliphatic rings. The maximum absolute atomic E-state index is 12.6. The Labute approximate surface area is 146 Å². The van der Waals surface area contributed by atoms with Gasteiger partial charge in [0.2, 0.25) is 0 Å². The second-order valence-electron chi connectivity index (χ2n) is 5.59. The quantitative estimate of drug-likeness (QED) is 0.739. The monoisotopic (exact) mass is 333 g/mol. The van der Waals surface area contributed by atoms with E-state index >= 15 is 0 Å². The van der Waals surface area contributed by atoms with Crippen LogP contribution in [-0.4, -0.2) is 18.1 Å². The predicted octanol–water partition coefficient (Wildman–Crippen LogP) is 4.11. The van der Waals surface area contributed by atoms with Gasteiger partial charge in [-0.2, -0.15) is 0 Å². The van der Waals surface area contributed by atoms with Crippen molar-refractivity contribution in [3.8, 4) is 16.9 Å². The Morgan fingerprint density at radius 3 is 2.52 bits per heavy atom. The van der Waals surface area contributed by atoms with Crippen LogP contribution in [-0.2, 0) is 6.61 Å². The Balaban J connectivity index is 1.90. The van der Waals surface area contributed by atoms with Crippen molar-refractivity contribution in [2.24, 2.45) is 0 Å². The van der Waals surface area contributed by atoms with Crippen LogP contribution in [0.4, 0.5) is 5.69 Å². The Morgan fingerprint density at radius 2 is 1.80 bits per heavy atom. The second kappa shape index (κ2) is 7.64. The number of methoxy groups -OCH3 is 1. The van der Waals surface area contributed by atoms with Gasteiger partial charge >= 0.3 is 0 Å². The van der Waals surface area contributed by atoms with Crippen LogP contribution in [0.1, 0.15) is 15.9 Å². The minimum absolute atomic E-state index is 0.0651. The van der Waals surface area contributed by atoms with Crippen LogP contribution in [0.2, 0.25) is 0 Å². The van der Waals surface area contributed by atoms with Crippen LogP contribution in [0, 0.1) is 0 Å². The maximum atomic E-state index is 12.6. The zero-order valence-electron chi connectivity index (χ0n) is 13.9. The van der Waals surface area contributed by atoms with Crippen molar-refractivity contribution < 1.29 is 14.6 Å². The molecule has 3 aromatic rings. The molecule has 0 spiro atoms. The number of hydrogen-bond acceptors (Lipinski definition) is 3. The highest BCUT2D eigenvalue weighted by Crippen LogP contribution is 2.31. The largest absolute Gasteiger partial charge is 0.496 e. The van der Waals surface area contributed by atoms with Gasteiger partial charge in [-0.05, 0) is 41.5 Å². The van der Waals surface area contributed by atoms with Gasteiger partial charge in [-0.15, -0.1) is 0 Å². The van der Waals surface area contributed by atoms with E-state index in [2.05, 4.69) is 5.32 Å². The normalized spacial score (nSPS) is 10.3. The minimum Gasteiger partial charge on any atom is -0.496 e. The third kappa shape index (κ3) is 3.87. The molecule has 0 fully saturated rings. The van der Waals surface area contributed by atoms with Crippen LogP contribution in [0.5, 0.6) is 5.75 Å². The molecule has 3 rings (SSSR count). The number of ether oxygens (including phenoxy) is 1. The van der Waals surface area contributed by atoms with Gasteiger partial charge in [0.1, 0.15) is 5.75 Å². The van der Waals surface area contributed by atoms with Gasteiger partial charge in [0, 0.05) is 16.8 Å². The molecule has 0 aromatic heterocycles. The lowest BCUT2D eigenvalue weighted by Gasteiger charge is -2.12. The molecule has 126 valence electrons. The summed E-state index contributed by atoms with van der Waals surface area (Å²) in [7, 11) is 1.61. The van der Waals surface area contributed by atoms with Gasteiger partial charge in [0.15, 0.2) is 0 Å². The fourth-order valence-corrected chi connectivity index (χ4v) is 2.64. The van der Waals surface area contributed by atoms with Crippen molar-refractivity contribution in [3.63, 3.8) is 0 Å². The molecule has 4 heteroatoms. The lowest BCUT2D eigenvalue weighted by molar-refractivity contribution is 0.102. The van der Waals surface area contributed by atoms with E-state index in [0.717, 1.165) is 16.7 Å². The molecular weight excluding hydrogens is 314 g/mol. The fraction of sp³-hybridized carbons (Fsp3) is 0.0952. The number of nitrogens with one attached hydrogen (secondary N) is 1. The van der Waals surface area contributed by atoms with E-state index in [0.29, 0.717) is 17.0 Å². The van der Waals surface area contributed by atoms with Gasteiger partial charge in [0.25, 0.3) is 5.91 Å². The number of rotatable bonds is 5. The third-order valence-corrected chi connectivity index (χ3v) is 3.91. The third-order valence-electron chi connectivity index (χ3n) is 3.91. The summed E-state index contributed by atoms with van der Waals surface area (Å²) < 4.78 is 5.42. The van der Waals surface area contributed by atoms with Crippen molar-refractivity contribution in [1.82, 2.24) is 0 Å². The molecule has 3 aromatic carbocycles. The van der Waals surface area contributed by atoms with E-state index in [4.69, 9.17) is 4.74 Å². The van der Waals surface area contributed by atoms with Gasteiger partial charge in [-0.1, -0.05) is 42.5 Å². The highest BCUT2D eigenvalue weighted by Gasteiger charge is 2.12. The Morgan fingerprint density at radius 1 is 1.00 bits per heavy atom. The van der Waals surface area contributed by atoms with Crippen molar-refractivity contribution in [2.75, 3.05) is 12.4 Å². The molecule has 0 aliphatic carbocycles. The topological polar surface area (TPSA) is 58.6 Å². The fourth-order valence-electron chi connectivity index (χ4n) is 2.64. The van der Waals surface area contributed by atoms with Crippen molar-refractivity contribution >= 4 is 11.6 Å². The summed E-state index contributed by atoms with van der Waals surface area (Å²) in [4.78, 5) is 12.6. The Kier molecular flexibility index (Phi) is 5.11. The summed E-state index contributed by atoms with van der Waals surface area (Å²) in [5.74, 6) is 0.500. The van der Waals surface area contributed by atoms with Crippen LogP contribution >= 0.6 is 0 Å². The first-order valence-electron chi connectivity index (χ1n) is 7.96. The summed E-state index contributed by atoms with van der Waals surface area (Å²) in [5, 5.41) is 12.1. The SMILES string of the molecule is COc1ccc(C(=O)Nc2cccc(CO)c2)cc1-c1ccccc1. The van der Waals surface area contributed by atoms with E-state index in [1.165, 1.54) is 0 Å². The summed E-state index contributed by atoms with van der Waals surface area (Å²) in [6, 6.07) is 22.3. The highest BCUT2D eigenvalue weighted by molar-refractivity contribution is 6.05. The first-order chi connectivity index (χ1) is 12.2. The summed E-state index contributed by atoms with van der Waals surface area (Å²) in [5.41, 5.74) is 3.77. The molecule has 0 bridgehead atoms. The second-order valence-corrected chi connectivity index (χ2v) is 5.59. The minimum atomic E-state index is -0.213. The average Bonchev–Trinajstić information content (AvgIpc) is 2.68. The van der Waals surface area contributed by atoms with Crippen LogP contribution in [0.3, 0.4) is 0 Å². The number of benzene rings is 3. The van der Waals surface area contributed by atoms with Crippen molar-refractivity contribution in [2.45, 2.75) is 6.61 Å². The average molecular weight is 333 g/mol. The number of amides is 1. The maximum Gasteiger partial charge on any atom is 0.255 e. The zero-order valence-corrected chi connectivity index (χ0v) is 13.9. The van der Waals surface area contributed by atoms with Crippen molar-refractivity contribution in [3.05, 3.63) is 83.9 Å². The number of carbonyl (C=O) groups is 1. The van der Waals surface area contributed by atoms with Gasteiger partial charge < -0.3 is 15.2 Å². The van der Waals surface area contributed by atoms with E-state index in [1.54, 1.807) is 43.5 Å². The summed E-state index contributed by atoms with van der Waals surface area (Å²) in [6.07, 6.45) is 0.